The summed E-state index contributed by atoms with van der Waals surface area (Å²) in [6.07, 6.45) is 0. The van der Waals surface area contributed by atoms with Crippen LogP contribution in [0.1, 0.15) is 10.8 Å². The standard InChI is InChI=1S/C24H18FNOS/c25-20-11-13-21(14-12-20)26-24(27)23(18-7-2-1-3-8-18)28-22-15-10-17-6-4-5-9-19(17)16-22/h1-16,23H,(H,26,27)/t23-/m1/s1. The highest BCUT2D eigenvalue weighted by atomic mass is 32.2. The molecule has 0 aliphatic carbocycles. The lowest BCUT2D eigenvalue weighted by Crippen LogP contribution is -2.19. The van der Waals surface area contributed by atoms with Gasteiger partial charge in [0.2, 0.25) is 5.91 Å². The number of hydrogen-bond donors (Lipinski definition) is 1. The summed E-state index contributed by atoms with van der Waals surface area (Å²) in [5.74, 6) is -0.473. The number of carbonyl (C=O) groups excluding carboxylic acids is 1. The maximum Gasteiger partial charge on any atom is 0.242 e. The molecule has 0 aliphatic rings. The van der Waals surface area contributed by atoms with Crippen molar-refractivity contribution in [2.24, 2.45) is 0 Å². The molecule has 2 nitrogen and oxygen atoms in total. The van der Waals surface area contributed by atoms with E-state index in [1.165, 1.54) is 29.3 Å². The molecular weight excluding hydrogens is 369 g/mol. The Balaban J connectivity index is 1.62. The van der Waals surface area contributed by atoms with Crippen molar-refractivity contribution in [2.45, 2.75) is 10.1 Å². The number of hydrogen-bond acceptors (Lipinski definition) is 2. The van der Waals surface area contributed by atoms with Crippen LogP contribution in [-0.2, 0) is 4.79 Å². The van der Waals surface area contributed by atoms with Crippen molar-refractivity contribution in [1.29, 1.82) is 0 Å². The van der Waals surface area contributed by atoms with Crippen LogP contribution in [0.3, 0.4) is 0 Å². The van der Waals surface area contributed by atoms with Crippen LogP contribution in [0.5, 0.6) is 0 Å². The maximum atomic E-state index is 13.1. The van der Waals surface area contributed by atoms with E-state index in [9.17, 15) is 9.18 Å². The van der Waals surface area contributed by atoms with E-state index in [2.05, 4.69) is 29.6 Å². The van der Waals surface area contributed by atoms with E-state index in [0.29, 0.717) is 5.69 Å². The number of fused-ring (bicyclic) bond motifs is 1. The van der Waals surface area contributed by atoms with Crippen molar-refractivity contribution < 1.29 is 9.18 Å². The molecule has 0 spiro atoms. The summed E-state index contributed by atoms with van der Waals surface area (Å²) in [5.41, 5.74) is 1.49. The quantitative estimate of drug-likeness (QED) is 0.399. The molecule has 0 bridgehead atoms. The highest BCUT2D eigenvalue weighted by molar-refractivity contribution is 8.00. The molecule has 1 atom stereocenters. The van der Waals surface area contributed by atoms with E-state index in [-0.39, 0.29) is 11.7 Å². The van der Waals surface area contributed by atoms with Crippen molar-refractivity contribution >= 4 is 34.1 Å². The smallest absolute Gasteiger partial charge is 0.242 e. The third-order valence-electron chi connectivity index (χ3n) is 4.43. The van der Waals surface area contributed by atoms with Crippen molar-refractivity contribution in [3.05, 3.63) is 108 Å². The number of carbonyl (C=O) groups is 1. The van der Waals surface area contributed by atoms with Crippen molar-refractivity contribution in [2.75, 3.05) is 5.32 Å². The Morgan fingerprint density at radius 2 is 1.46 bits per heavy atom. The van der Waals surface area contributed by atoms with Crippen LogP contribution in [0.2, 0.25) is 0 Å². The van der Waals surface area contributed by atoms with Crippen LogP contribution in [0.25, 0.3) is 10.8 Å². The number of amides is 1. The van der Waals surface area contributed by atoms with Gasteiger partial charge in [-0.1, -0.05) is 60.7 Å². The molecule has 4 rings (SSSR count). The van der Waals surface area contributed by atoms with Gasteiger partial charge in [0.15, 0.2) is 0 Å². The number of anilines is 1. The van der Waals surface area contributed by atoms with Gasteiger partial charge in [-0.3, -0.25) is 4.79 Å². The molecule has 0 heterocycles. The minimum absolute atomic E-state index is 0.143. The molecule has 1 N–H and O–H groups in total. The van der Waals surface area contributed by atoms with Gasteiger partial charge in [-0.05, 0) is 52.7 Å². The molecule has 138 valence electrons. The van der Waals surface area contributed by atoms with Crippen LogP contribution in [-0.4, -0.2) is 5.91 Å². The summed E-state index contributed by atoms with van der Waals surface area (Å²) in [6.45, 7) is 0. The SMILES string of the molecule is O=C(Nc1ccc(F)cc1)[C@H](Sc1ccc2ccccc2c1)c1ccccc1. The van der Waals surface area contributed by atoms with Gasteiger partial charge in [0.25, 0.3) is 0 Å². The van der Waals surface area contributed by atoms with Crippen LogP contribution in [0.15, 0.2) is 102 Å². The molecule has 0 saturated carbocycles. The Morgan fingerprint density at radius 1 is 0.786 bits per heavy atom. The van der Waals surface area contributed by atoms with E-state index >= 15 is 0 Å². The summed E-state index contributed by atoms with van der Waals surface area (Å²) < 4.78 is 13.1. The van der Waals surface area contributed by atoms with Crippen molar-refractivity contribution in [3.63, 3.8) is 0 Å². The van der Waals surface area contributed by atoms with Crippen LogP contribution < -0.4 is 5.32 Å². The van der Waals surface area contributed by atoms with Gasteiger partial charge in [0.1, 0.15) is 11.1 Å². The lowest BCUT2D eigenvalue weighted by atomic mass is 10.1. The minimum atomic E-state index is -0.424. The number of thioether (sulfide) groups is 1. The molecule has 0 unspecified atom stereocenters. The highest BCUT2D eigenvalue weighted by Crippen LogP contribution is 2.37. The number of benzene rings is 4. The van der Waals surface area contributed by atoms with Gasteiger partial charge in [-0.25, -0.2) is 4.39 Å². The summed E-state index contributed by atoms with van der Waals surface area (Å²) in [7, 11) is 0. The zero-order valence-electron chi connectivity index (χ0n) is 15.0. The Bertz CT molecular complexity index is 1100. The second-order valence-corrected chi connectivity index (χ2v) is 7.59. The Hall–Kier alpha value is -3.11. The Kier molecular flexibility index (Phi) is 5.40. The van der Waals surface area contributed by atoms with Gasteiger partial charge >= 0.3 is 0 Å². The number of rotatable bonds is 5. The fourth-order valence-corrected chi connectivity index (χ4v) is 4.09. The monoisotopic (exact) mass is 387 g/mol. The largest absolute Gasteiger partial charge is 0.325 e. The lowest BCUT2D eigenvalue weighted by Gasteiger charge is -2.17. The topological polar surface area (TPSA) is 29.1 Å². The predicted octanol–water partition coefficient (Wildman–Crippen LogP) is 6.45. The van der Waals surface area contributed by atoms with E-state index in [1.54, 1.807) is 12.1 Å². The summed E-state index contributed by atoms with van der Waals surface area (Å²) in [6, 6.07) is 29.8. The zero-order chi connectivity index (χ0) is 19.3. The zero-order valence-corrected chi connectivity index (χ0v) is 15.8. The minimum Gasteiger partial charge on any atom is -0.325 e. The van der Waals surface area contributed by atoms with Crippen LogP contribution in [0.4, 0.5) is 10.1 Å². The van der Waals surface area contributed by atoms with Gasteiger partial charge in [0.05, 0.1) is 0 Å². The van der Waals surface area contributed by atoms with E-state index in [4.69, 9.17) is 0 Å². The molecule has 4 heteroatoms. The third kappa shape index (κ3) is 4.24. The molecule has 0 aromatic heterocycles. The fourth-order valence-electron chi connectivity index (χ4n) is 3.02. The molecular formula is C24H18FNOS. The lowest BCUT2D eigenvalue weighted by molar-refractivity contribution is -0.115. The third-order valence-corrected chi connectivity index (χ3v) is 5.68. The predicted molar refractivity (Wildman–Crippen MR) is 114 cm³/mol. The first-order valence-electron chi connectivity index (χ1n) is 8.96. The average Bonchev–Trinajstić information content (AvgIpc) is 2.74. The maximum absolute atomic E-state index is 13.1. The molecule has 4 aromatic carbocycles. The normalized spacial score (nSPS) is 11.9. The van der Waals surface area contributed by atoms with Gasteiger partial charge in [-0.2, -0.15) is 0 Å². The highest BCUT2D eigenvalue weighted by Gasteiger charge is 2.22. The molecule has 28 heavy (non-hydrogen) atoms. The number of halogens is 1. The number of nitrogens with one attached hydrogen (secondary N) is 1. The summed E-state index contributed by atoms with van der Waals surface area (Å²) >= 11 is 1.50. The first-order chi connectivity index (χ1) is 13.7. The van der Waals surface area contributed by atoms with Crippen LogP contribution >= 0.6 is 11.8 Å². The second-order valence-electron chi connectivity index (χ2n) is 6.41. The van der Waals surface area contributed by atoms with Crippen molar-refractivity contribution in [3.8, 4) is 0 Å². The van der Waals surface area contributed by atoms with E-state index in [0.717, 1.165) is 15.8 Å². The van der Waals surface area contributed by atoms with E-state index in [1.807, 2.05) is 48.5 Å². The molecule has 0 aliphatic heterocycles. The second kappa shape index (κ2) is 8.28. The Labute approximate surface area is 167 Å². The van der Waals surface area contributed by atoms with Crippen LogP contribution in [0, 0.1) is 5.82 Å². The molecule has 0 radical (unpaired) electrons. The average molecular weight is 387 g/mol. The van der Waals surface area contributed by atoms with Crippen molar-refractivity contribution in [1.82, 2.24) is 0 Å². The Morgan fingerprint density at radius 3 is 2.21 bits per heavy atom. The molecule has 0 fully saturated rings. The van der Waals surface area contributed by atoms with Gasteiger partial charge in [0, 0.05) is 10.6 Å². The molecule has 1 amide bonds. The summed E-state index contributed by atoms with van der Waals surface area (Å²) in [4.78, 5) is 14.1. The van der Waals surface area contributed by atoms with Gasteiger partial charge < -0.3 is 5.32 Å². The first-order valence-corrected chi connectivity index (χ1v) is 9.84. The molecule has 0 saturated heterocycles. The fraction of sp³-hybridized carbons (Fsp3) is 0.0417. The first kappa shape index (κ1) is 18.3. The van der Waals surface area contributed by atoms with Gasteiger partial charge in [-0.15, -0.1) is 11.8 Å². The van der Waals surface area contributed by atoms with E-state index < -0.39 is 5.25 Å². The molecule has 4 aromatic rings. The summed E-state index contributed by atoms with van der Waals surface area (Å²) in [5, 5.41) is 4.78.